The summed E-state index contributed by atoms with van der Waals surface area (Å²) in [5, 5.41) is 10.2. The minimum Gasteiger partial charge on any atom is -0.480 e. The second-order valence-electron chi connectivity index (χ2n) is 6.01. The van der Waals surface area contributed by atoms with Crippen LogP contribution >= 0.6 is 0 Å². The van der Waals surface area contributed by atoms with Gasteiger partial charge in [0, 0.05) is 30.7 Å². The number of hydrogen-bond acceptors (Lipinski definition) is 4. The van der Waals surface area contributed by atoms with E-state index in [2.05, 4.69) is 0 Å². The van der Waals surface area contributed by atoms with E-state index in [-0.39, 0.29) is 24.6 Å². The Hall–Kier alpha value is -2.35. The Morgan fingerprint density at radius 3 is 2.71 bits per heavy atom. The zero-order valence-corrected chi connectivity index (χ0v) is 14.0. The molecule has 128 valence electrons. The molecule has 3 rings (SSSR count). The molecule has 0 spiro atoms. The van der Waals surface area contributed by atoms with E-state index in [4.69, 9.17) is 0 Å². The van der Waals surface area contributed by atoms with Crippen molar-refractivity contribution in [3.8, 4) is 0 Å². The van der Waals surface area contributed by atoms with E-state index in [1.54, 1.807) is 0 Å². The number of aryl methyl sites for hydroxylation is 1. The van der Waals surface area contributed by atoms with Crippen LogP contribution in [0.15, 0.2) is 30.5 Å². The van der Waals surface area contributed by atoms with Crippen LogP contribution in [0.4, 0.5) is 0 Å². The monoisotopic (exact) mass is 350 g/mol. The molecular weight excluding hydrogens is 332 g/mol. The summed E-state index contributed by atoms with van der Waals surface area (Å²) in [5.41, 5.74) is 1.78. The van der Waals surface area contributed by atoms with Gasteiger partial charge in [-0.25, -0.2) is 13.2 Å². The summed E-state index contributed by atoms with van der Waals surface area (Å²) in [4.78, 5) is 25.1. The average Bonchev–Trinajstić information content (AvgIpc) is 2.83. The lowest BCUT2D eigenvalue weighted by atomic mass is 10.1. The van der Waals surface area contributed by atoms with Gasteiger partial charge in [0.05, 0.1) is 17.9 Å². The van der Waals surface area contributed by atoms with Crippen LogP contribution in [-0.2, 0) is 32.9 Å². The Morgan fingerprint density at radius 2 is 2.00 bits per heavy atom. The van der Waals surface area contributed by atoms with E-state index in [1.165, 1.54) is 4.90 Å². The molecule has 2 aromatic rings. The third kappa shape index (κ3) is 3.01. The number of nitrogens with zero attached hydrogens (tertiary/aromatic N) is 2. The molecule has 1 saturated heterocycles. The Bertz CT molecular complexity index is 916. The standard InChI is InChI=1S/C16H18N2O5S/c1-17-9-11(12-4-2-3-5-13(12)17)8-15(19)18-6-7-24(22,23)10-14(18)16(20)21/h2-5,9,14H,6-8,10H2,1H3,(H,20,21). The minimum atomic E-state index is -3.43. The zero-order valence-electron chi connectivity index (χ0n) is 13.2. The first-order valence-corrected chi connectivity index (χ1v) is 9.36. The number of hydrogen-bond donors (Lipinski definition) is 1. The number of aromatic nitrogens is 1. The maximum atomic E-state index is 12.6. The first-order valence-electron chi connectivity index (χ1n) is 7.54. The number of carbonyl (C=O) groups excluding carboxylic acids is 1. The first kappa shape index (κ1) is 16.5. The van der Waals surface area contributed by atoms with Gasteiger partial charge in [-0.2, -0.15) is 0 Å². The van der Waals surface area contributed by atoms with E-state index in [0.717, 1.165) is 16.5 Å². The molecule has 1 N–H and O–H groups in total. The number of fused-ring (bicyclic) bond motifs is 1. The van der Waals surface area contributed by atoms with Gasteiger partial charge in [0.15, 0.2) is 9.84 Å². The Labute approximate surface area is 139 Å². The third-order valence-electron chi connectivity index (χ3n) is 4.36. The van der Waals surface area contributed by atoms with Gasteiger partial charge >= 0.3 is 5.97 Å². The largest absolute Gasteiger partial charge is 0.480 e. The molecule has 1 aliphatic heterocycles. The Balaban J connectivity index is 1.87. The molecule has 1 aromatic heterocycles. The predicted molar refractivity (Wildman–Crippen MR) is 88.4 cm³/mol. The highest BCUT2D eigenvalue weighted by Gasteiger charge is 2.38. The van der Waals surface area contributed by atoms with Crippen molar-refractivity contribution in [3.63, 3.8) is 0 Å². The number of amides is 1. The second kappa shape index (κ2) is 5.94. The molecule has 1 unspecified atom stereocenters. The molecule has 0 bridgehead atoms. The van der Waals surface area contributed by atoms with Crippen LogP contribution in [0.25, 0.3) is 10.9 Å². The number of carbonyl (C=O) groups is 2. The molecule has 8 heteroatoms. The van der Waals surface area contributed by atoms with Gasteiger partial charge in [-0.15, -0.1) is 0 Å². The summed E-state index contributed by atoms with van der Waals surface area (Å²) in [6.45, 7) is -0.0805. The van der Waals surface area contributed by atoms with Gasteiger partial charge in [0.25, 0.3) is 0 Å². The third-order valence-corrected chi connectivity index (χ3v) is 5.99. The molecule has 1 aliphatic rings. The number of sulfone groups is 1. The van der Waals surface area contributed by atoms with Crippen molar-refractivity contribution in [2.45, 2.75) is 12.5 Å². The van der Waals surface area contributed by atoms with Crippen molar-refractivity contribution >= 4 is 32.6 Å². The summed E-state index contributed by atoms with van der Waals surface area (Å²) < 4.78 is 25.2. The maximum absolute atomic E-state index is 12.6. The van der Waals surface area contributed by atoms with Crippen LogP contribution in [-0.4, -0.2) is 59.0 Å². The summed E-state index contributed by atoms with van der Waals surface area (Å²) in [7, 11) is -1.55. The van der Waals surface area contributed by atoms with E-state index < -0.39 is 27.6 Å². The lowest BCUT2D eigenvalue weighted by Crippen LogP contribution is -2.55. The average molecular weight is 350 g/mol. The van der Waals surface area contributed by atoms with Crippen LogP contribution in [0.3, 0.4) is 0 Å². The summed E-state index contributed by atoms with van der Waals surface area (Å²) in [6.07, 6.45) is 1.89. The molecule has 1 fully saturated rings. The van der Waals surface area contributed by atoms with Gasteiger partial charge < -0.3 is 14.6 Å². The highest BCUT2D eigenvalue weighted by atomic mass is 32.2. The van der Waals surface area contributed by atoms with E-state index in [0.29, 0.717) is 0 Å². The van der Waals surface area contributed by atoms with Crippen molar-refractivity contribution in [3.05, 3.63) is 36.0 Å². The highest BCUT2D eigenvalue weighted by Crippen LogP contribution is 2.22. The number of carboxylic acids is 1. The van der Waals surface area contributed by atoms with Gasteiger partial charge in [0.1, 0.15) is 6.04 Å². The van der Waals surface area contributed by atoms with Gasteiger partial charge in [-0.05, 0) is 11.6 Å². The topological polar surface area (TPSA) is 96.7 Å². The van der Waals surface area contributed by atoms with Crippen LogP contribution < -0.4 is 0 Å². The molecule has 7 nitrogen and oxygen atoms in total. The molecule has 0 radical (unpaired) electrons. The quantitative estimate of drug-likeness (QED) is 0.866. The lowest BCUT2D eigenvalue weighted by Gasteiger charge is -2.32. The normalized spacial score (nSPS) is 20.2. The summed E-state index contributed by atoms with van der Waals surface area (Å²) >= 11 is 0. The Kier molecular flexibility index (Phi) is 4.08. The number of carboxylic acid groups (broad SMARTS) is 1. The fourth-order valence-electron chi connectivity index (χ4n) is 3.14. The molecule has 1 aromatic carbocycles. The number of benzene rings is 1. The van der Waals surface area contributed by atoms with E-state index >= 15 is 0 Å². The molecule has 2 heterocycles. The van der Waals surface area contributed by atoms with Gasteiger partial charge in [0.2, 0.25) is 5.91 Å². The van der Waals surface area contributed by atoms with Crippen molar-refractivity contribution < 1.29 is 23.1 Å². The van der Waals surface area contributed by atoms with Crippen molar-refractivity contribution in [2.75, 3.05) is 18.1 Å². The van der Waals surface area contributed by atoms with Crippen LogP contribution in [0.1, 0.15) is 5.56 Å². The van der Waals surface area contributed by atoms with Crippen molar-refractivity contribution in [1.29, 1.82) is 0 Å². The summed E-state index contributed by atoms with van der Waals surface area (Å²) in [5.74, 6) is -2.38. The molecule has 1 amide bonds. The van der Waals surface area contributed by atoms with Crippen molar-refractivity contribution in [1.82, 2.24) is 9.47 Å². The van der Waals surface area contributed by atoms with E-state index in [9.17, 15) is 23.1 Å². The number of aliphatic carboxylic acids is 1. The zero-order chi connectivity index (χ0) is 17.5. The summed E-state index contributed by atoms with van der Waals surface area (Å²) in [6, 6.07) is 6.32. The van der Waals surface area contributed by atoms with Crippen LogP contribution in [0, 0.1) is 0 Å². The molecular formula is C16H18N2O5S. The SMILES string of the molecule is Cn1cc(CC(=O)N2CCS(=O)(=O)CC2C(=O)O)c2ccccc21. The predicted octanol–water partition coefficient (Wildman–Crippen LogP) is 0.431. The molecule has 0 aliphatic carbocycles. The van der Waals surface area contributed by atoms with Crippen molar-refractivity contribution in [2.24, 2.45) is 7.05 Å². The van der Waals surface area contributed by atoms with Gasteiger partial charge in [-0.1, -0.05) is 18.2 Å². The number of para-hydroxylation sites is 1. The van der Waals surface area contributed by atoms with Crippen LogP contribution in [0.2, 0.25) is 0 Å². The molecule has 0 saturated carbocycles. The number of rotatable bonds is 3. The smallest absolute Gasteiger partial charge is 0.327 e. The highest BCUT2D eigenvalue weighted by molar-refractivity contribution is 7.91. The Morgan fingerprint density at radius 1 is 1.29 bits per heavy atom. The maximum Gasteiger partial charge on any atom is 0.327 e. The lowest BCUT2D eigenvalue weighted by molar-refractivity contribution is -0.149. The fourth-order valence-corrected chi connectivity index (χ4v) is 4.59. The minimum absolute atomic E-state index is 0.0468. The van der Waals surface area contributed by atoms with Gasteiger partial charge in [-0.3, -0.25) is 4.79 Å². The molecule has 1 atom stereocenters. The first-order chi connectivity index (χ1) is 11.3. The second-order valence-corrected chi connectivity index (χ2v) is 8.24. The fraction of sp³-hybridized carbons (Fsp3) is 0.375. The van der Waals surface area contributed by atoms with E-state index in [1.807, 2.05) is 42.1 Å². The van der Waals surface area contributed by atoms with Crippen LogP contribution in [0.5, 0.6) is 0 Å². The molecule has 24 heavy (non-hydrogen) atoms.